The Kier molecular flexibility index (Phi) is 4.59. The van der Waals surface area contributed by atoms with E-state index in [1.807, 2.05) is 38.2 Å². The van der Waals surface area contributed by atoms with Crippen molar-refractivity contribution in [3.05, 3.63) is 65.0 Å². The zero-order chi connectivity index (χ0) is 19.8. The van der Waals surface area contributed by atoms with E-state index in [2.05, 4.69) is 11.0 Å². The summed E-state index contributed by atoms with van der Waals surface area (Å²) >= 11 is 0. The SMILES string of the molecule is Cc1cc(-c2nc3c(cc2-c2ccc(C)c(C=N)c2)N(C)CCO3)ccc1F. The number of nitrogens with one attached hydrogen (secondary N) is 1. The van der Waals surface area contributed by atoms with Gasteiger partial charge in [-0.2, -0.15) is 0 Å². The summed E-state index contributed by atoms with van der Waals surface area (Å²) in [5, 5.41) is 7.69. The molecule has 0 radical (unpaired) electrons. The topological polar surface area (TPSA) is 49.2 Å². The van der Waals surface area contributed by atoms with Gasteiger partial charge in [-0.1, -0.05) is 12.1 Å². The number of rotatable bonds is 3. The molecule has 0 bridgehead atoms. The van der Waals surface area contributed by atoms with Crippen LogP contribution < -0.4 is 9.64 Å². The molecule has 0 fully saturated rings. The molecular formula is C23H22FN3O. The van der Waals surface area contributed by atoms with Crippen LogP contribution in [0.15, 0.2) is 42.5 Å². The van der Waals surface area contributed by atoms with E-state index in [0.717, 1.165) is 45.7 Å². The number of fused-ring (bicyclic) bond motifs is 1. The zero-order valence-corrected chi connectivity index (χ0v) is 16.2. The maximum atomic E-state index is 13.8. The first-order valence-corrected chi connectivity index (χ1v) is 9.25. The first-order chi connectivity index (χ1) is 13.5. The van der Waals surface area contributed by atoms with Gasteiger partial charge in [0.1, 0.15) is 18.1 Å². The third-order valence-electron chi connectivity index (χ3n) is 5.22. The van der Waals surface area contributed by atoms with Gasteiger partial charge in [-0.25, -0.2) is 9.37 Å². The average molecular weight is 375 g/mol. The van der Waals surface area contributed by atoms with Crippen LogP contribution in [0, 0.1) is 25.1 Å². The minimum Gasteiger partial charge on any atom is -0.474 e. The zero-order valence-electron chi connectivity index (χ0n) is 16.2. The number of aromatic nitrogens is 1. The molecule has 2 aromatic carbocycles. The van der Waals surface area contributed by atoms with Gasteiger partial charge in [0.25, 0.3) is 0 Å². The van der Waals surface area contributed by atoms with E-state index < -0.39 is 0 Å². The van der Waals surface area contributed by atoms with Crippen molar-refractivity contribution >= 4 is 11.9 Å². The van der Waals surface area contributed by atoms with E-state index in [9.17, 15) is 4.39 Å². The number of hydrogen-bond donors (Lipinski definition) is 1. The largest absolute Gasteiger partial charge is 0.474 e. The summed E-state index contributed by atoms with van der Waals surface area (Å²) in [6.07, 6.45) is 1.36. The third-order valence-corrected chi connectivity index (χ3v) is 5.22. The third kappa shape index (κ3) is 3.13. The molecule has 1 N–H and O–H groups in total. The van der Waals surface area contributed by atoms with Crippen molar-refractivity contribution in [1.82, 2.24) is 4.98 Å². The summed E-state index contributed by atoms with van der Waals surface area (Å²) in [4.78, 5) is 6.94. The van der Waals surface area contributed by atoms with E-state index in [0.29, 0.717) is 18.1 Å². The Balaban J connectivity index is 1.98. The molecule has 0 unspecified atom stereocenters. The van der Waals surface area contributed by atoms with Crippen molar-refractivity contribution in [2.24, 2.45) is 0 Å². The molecule has 4 rings (SSSR count). The number of likely N-dealkylation sites (N-methyl/N-ethyl adjacent to an activating group) is 1. The number of benzene rings is 2. The quantitative estimate of drug-likeness (QED) is 0.656. The molecule has 28 heavy (non-hydrogen) atoms. The molecule has 142 valence electrons. The molecule has 5 heteroatoms. The number of pyridine rings is 1. The molecule has 0 atom stereocenters. The Morgan fingerprint density at radius 2 is 1.86 bits per heavy atom. The number of hydrogen-bond acceptors (Lipinski definition) is 4. The van der Waals surface area contributed by atoms with E-state index in [-0.39, 0.29) is 5.82 Å². The standard InChI is InChI=1S/C23H22FN3O/c1-14-4-5-16(11-18(14)13-25)19-12-21-23(28-9-8-27(21)3)26-22(19)17-6-7-20(24)15(2)10-17/h4-7,10-13,25H,8-9H2,1-3H3. The van der Waals surface area contributed by atoms with Gasteiger partial charge in [-0.3, -0.25) is 0 Å². The van der Waals surface area contributed by atoms with Crippen LogP contribution >= 0.6 is 0 Å². The van der Waals surface area contributed by atoms with E-state index in [1.165, 1.54) is 12.3 Å². The minimum atomic E-state index is -0.235. The molecule has 0 saturated heterocycles. The number of aryl methyl sites for hydroxylation is 2. The molecular weight excluding hydrogens is 353 g/mol. The lowest BCUT2D eigenvalue weighted by molar-refractivity contribution is 0.299. The second-order valence-corrected chi connectivity index (χ2v) is 7.16. The highest BCUT2D eigenvalue weighted by Crippen LogP contribution is 2.40. The Morgan fingerprint density at radius 1 is 1.07 bits per heavy atom. The first-order valence-electron chi connectivity index (χ1n) is 9.25. The average Bonchev–Trinajstić information content (AvgIpc) is 2.70. The van der Waals surface area contributed by atoms with Crippen molar-refractivity contribution in [3.8, 4) is 28.3 Å². The fourth-order valence-electron chi connectivity index (χ4n) is 3.46. The summed E-state index contributed by atoms with van der Waals surface area (Å²) < 4.78 is 19.6. The lowest BCUT2D eigenvalue weighted by Crippen LogP contribution is -2.29. The smallest absolute Gasteiger partial charge is 0.238 e. The molecule has 0 aliphatic carbocycles. The van der Waals surface area contributed by atoms with Crippen LogP contribution in [0.25, 0.3) is 22.4 Å². The molecule has 2 heterocycles. The Labute approximate surface area is 164 Å². The number of halogens is 1. The first kappa shape index (κ1) is 18.2. The second-order valence-electron chi connectivity index (χ2n) is 7.16. The summed E-state index contributed by atoms with van der Waals surface area (Å²) in [6, 6.07) is 13.2. The van der Waals surface area contributed by atoms with Crippen molar-refractivity contribution in [1.29, 1.82) is 5.41 Å². The minimum absolute atomic E-state index is 0.235. The fraction of sp³-hybridized carbons (Fsp3) is 0.217. The number of ether oxygens (including phenoxy) is 1. The summed E-state index contributed by atoms with van der Waals surface area (Å²) in [6.45, 7) is 5.12. The predicted octanol–water partition coefficient (Wildman–Crippen LogP) is 5.00. The van der Waals surface area contributed by atoms with Gasteiger partial charge in [0, 0.05) is 24.4 Å². The molecule has 4 nitrogen and oxygen atoms in total. The molecule has 1 aliphatic heterocycles. The monoisotopic (exact) mass is 375 g/mol. The maximum Gasteiger partial charge on any atom is 0.238 e. The van der Waals surface area contributed by atoms with Crippen LogP contribution in [-0.4, -0.2) is 31.4 Å². The lowest BCUT2D eigenvalue weighted by atomic mass is 9.95. The van der Waals surface area contributed by atoms with Crippen molar-refractivity contribution in [2.45, 2.75) is 13.8 Å². The van der Waals surface area contributed by atoms with Gasteiger partial charge in [0.15, 0.2) is 0 Å². The van der Waals surface area contributed by atoms with Crippen molar-refractivity contribution in [2.75, 3.05) is 25.1 Å². The molecule has 1 aliphatic rings. The summed E-state index contributed by atoms with van der Waals surface area (Å²) in [7, 11) is 2.02. The highest BCUT2D eigenvalue weighted by molar-refractivity contribution is 5.88. The maximum absolute atomic E-state index is 13.8. The van der Waals surface area contributed by atoms with Crippen LogP contribution in [0.2, 0.25) is 0 Å². The van der Waals surface area contributed by atoms with Gasteiger partial charge in [-0.05, 0) is 66.4 Å². The fourth-order valence-corrected chi connectivity index (χ4v) is 3.46. The number of anilines is 1. The van der Waals surface area contributed by atoms with Crippen molar-refractivity contribution in [3.63, 3.8) is 0 Å². The Bertz CT molecular complexity index is 1080. The molecule has 0 saturated carbocycles. The van der Waals surface area contributed by atoms with E-state index in [1.54, 1.807) is 13.0 Å². The Hall–Kier alpha value is -3.21. The molecule has 0 amide bonds. The van der Waals surface area contributed by atoms with Crippen LogP contribution in [0.3, 0.4) is 0 Å². The predicted molar refractivity (Wildman–Crippen MR) is 111 cm³/mol. The van der Waals surface area contributed by atoms with E-state index >= 15 is 0 Å². The molecule has 3 aromatic rings. The summed E-state index contributed by atoms with van der Waals surface area (Å²) in [5.41, 5.74) is 6.90. The van der Waals surface area contributed by atoms with Gasteiger partial charge < -0.3 is 15.0 Å². The number of nitrogens with zero attached hydrogens (tertiary/aromatic N) is 2. The highest BCUT2D eigenvalue weighted by Gasteiger charge is 2.22. The van der Waals surface area contributed by atoms with Gasteiger partial charge in [0.2, 0.25) is 5.88 Å². The Morgan fingerprint density at radius 3 is 2.61 bits per heavy atom. The lowest BCUT2D eigenvalue weighted by Gasteiger charge is -2.28. The molecule has 0 spiro atoms. The van der Waals surface area contributed by atoms with Crippen molar-refractivity contribution < 1.29 is 9.13 Å². The summed E-state index contributed by atoms with van der Waals surface area (Å²) in [5.74, 6) is 0.356. The van der Waals surface area contributed by atoms with Gasteiger partial charge in [0.05, 0.1) is 12.2 Å². The second kappa shape index (κ2) is 7.08. The van der Waals surface area contributed by atoms with Crippen LogP contribution in [-0.2, 0) is 0 Å². The van der Waals surface area contributed by atoms with Crippen LogP contribution in [0.5, 0.6) is 5.88 Å². The van der Waals surface area contributed by atoms with Gasteiger partial charge >= 0.3 is 0 Å². The normalized spacial score (nSPS) is 13.1. The van der Waals surface area contributed by atoms with Crippen LogP contribution in [0.4, 0.5) is 10.1 Å². The molecule has 1 aromatic heterocycles. The highest BCUT2D eigenvalue weighted by atomic mass is 19.1. The van der Waals surface area contributed by atoms with Gasteiger partial charge in [-0.15, -0.1) is 0 Å². The van der Waals surface area contributed by atoms with E-state index in [4.69, 9.17) is 15.1 Å². The van der Waals surface area contributed by atoms with Crippen LogP contribution in [0.1, 0.15) is 16.7 Å².